The topological polar surface area (TPSA) is 69.5 Å². The second-order valence-corrected chi connectivity index (χ2v) is 7.60. The second-order valence-electron chi connectivity index (χ2n) is 6.62. The molecular weight excluding hydrogens is 400 g/mol. The van der Waals surface area contributed by atoms with Gasteiger partial charge in [0.15, 0.2) is 5.13 Å². The molecule has 0 fully saturated rings. The summed E-state index contributed by atoms with van der Waals surface area (Å²) >= 11 is 1.43. The molecule has 0 aliphatic carbocycles. The number of imidazole rings is 1. The monoisotopic (exact) mass is 422 g/mol. The van der Waals surface area contributed by atoms with Crippen LogP contribution in [0.5, 0.6) is 11.5 Å². The van der Waals surface area contributed by atoms with Crippen molar-refractivity contribution in [2.75, 3.05) is 25.7 Å². The third-order valence-corrected chi connectivity index (χ3v) is 5.85. The lowest BCUT2D eigenvalue weighted by Crippen LogP contribution is -2.32. The number of nitrogens with zero attached hydrogens (tertiary/aromatic N) is 4. The number of hydrogen-bond acceptors (Lipinski definition) is 6. The number of thiazole rings is 1. The van der Waals surface area contributed by atoms with Crippen LogP contribution in [0, 0.1) is 0 Å². The van der Waals surface area contributed by atoms with Crippen molar-refractivity contribution in [3.8, 4) is 11.5 Å². The van der Waals surface area contributed by atoms with Crippen molar-refractivity contribution in [1.82, 2.24) is 14.5 Å². The molecule has 0 bridgehead atoms. The summed E-state index contributed by atoms with van der Waals surface area (Å²) in [4.78, 5) is 23.9. The number of carbonyl (C=O) groups excluding carboxylic acids is 1. The smallest absolute Gasteiger partial charge is 0.260 e. The largest absolute Gasteiger partial charge is 0.495 e. The van der Waals surface area contributed by atoms with Gasteiger partial charge >= 0.3 is 0 Å². The summed E-state index contributed by atoms with van der Waals surface area (Å²) < 4.78 is 13.8. The van der Waals surface area contributed by atoms with Crippen LogP contribution < -0.4 is 14.4 Å². The summed E-state index contributed by atoms with van der Waals surface area (Å²) in [5, 5.41) is 0.618. The molecule has 1 amide bonds. The average molecular weight is 423 g/mol. The molecule has 2 aromatic heterocycles. The van der Waals surface area contributed by atoms with Gasteiger partial charge in [0.2, 0.25) is 0 Å². The van der Waals surface area contributed by atoms with Gasteiger partial charge in [0.25, 0.3) is 5.91 Å². The predicted octanol–water partition coefficient (Wildman–Crippen LogP) is 4.25. The van der Waals surface area contributed by atoms with E-state index in [9.17, 15) is 4.79 Å². The van der Waals surface area contributed by atoms with Gasteiger partial charge in [-0.25, -0.2) is 9.97 Å². The minimum Gasteiger partial charge on any atom is -0.495 e. The van der Waals surface area contributed by atoms with E-state index in [1.54, 1.807) is 31.6 Å². The van der Waals surface area contributed by atoms with Crippen molar-refractivity contribution in [3.63, 3.8) is 0 Å². The highest BCUT2D eigenvalue weighted by Gasteiger charge is 2.23. The van der Waals surface area contributed by atoms with Gasteiger partial charge in [0.1, 0.15) is 21.7 Å². The zero-order chi connectivity index (χ0) is 20.9. The summed E-state index contributed by atoms with van der Waals surface area (Å²) in [6.07, 6.45) is 6.20. The zero-order valence-corrected chi connectivity index (χ0v) is 17.6. The van der Waals surface area contributed by atoms with Crippen molar-refractivity contribution < 1.29 is 14.3 Å². The van der Waals surface area contributed by atoms with E-state index in [1.165, 1.54) is 11.3 Å². The number of fused-ring (bicyclic) bond motifs is 1. The maximum atomic E-state index is 13.3. The Morgan fingerprint density at radius 1 is 1.10 bits per heavy atom. The molecular formula is C22H22N4O3S. The molecule has 0 radical (unpaired) electrons. The van der Waals surface area contributed by atoms with Gasteiger partial charge in [-0.15, -0.1) is 0 Å². The Bertz CT molecular complexity index is 1090. The average Bonchev–Trinajstić information content (AvgIpc) is 3.46. The van der Waals surface area contributed by atoms with Gasteiger partial charge in [-0.3, -0.25) is 9.69 Å². The molecule has 0 spiro atoms. The van der Waals surface area contributed by atoms with E-state index < -0.39 is 0 Å². The third kappa shape index (κ3) is 3.99. The van der Waals surface area contributed by atoms with Crippen molar-refractivity contribution >= 4 is 32.6 Å². The maximum Gasteiger partial charge on any atom is 0.260 e. The lowest BCUT2D eigenvalue weighted by atomic mass is 10.2. The van der Waals surface area contributed by atoms with E-state index in [0.29, 0.717) is 34.3 Å². The first-order valence-electron chi connectivity index (χ1n) is 9.55. The Hall–Kier alpha value is -3.39. The quantitative estimate of drug-likeness (QED) is 0.425. The first kappa shape index (κ1) is 19.9. The lowest BCUT2D eigenvalue weighted by Gasteiger charge is -2.20. The van der Waals surface area contributed by atoms with E-state index in [4.69, 9.17) is 14.5 Å². The number of amides is 1. The minimum absolute atomic E-state index is 0.0850. The van der Waals surface area contributed by atoms with Gasteiger partial charge in [-0.05, 0) is 30.7 Å². The number of aryl methyl sites for hydroxylation is 1. The Kier molecular flexibility index (Phi) is 5.94. The van der Waals surface area contributed by atoms with Gasteiger partial charge < -0.3 is 14.0 Å². The maximum absolute atomic E-state index is 13.3. The summed E-state index contributed by atoms with van der Waals surface area (Å²) in [5.74, 6) is 1.28. The predicted molar refractivity (Wildman–Crippen MR) is 118 cm³/mol. The van der Waals surface area contributed by atoms with Crippen LogP contribution in [0.25, 0.3) is 10.2 Å². The molecule has 0 saturated carbocycles. The van der Waals surface area contributed by atoms with Crippen LogP contribution in [-0.2, 0) is 6.54 Å². The van der Waals surface area contributed by atoms with Gasteiger partial charge in [0.05, 0.1) is 20.5 Å². The van der Waals surface area contributed by atoms with Crippen LogP contribution in [-0.4, -0.2) is 41.2 Å². The van der Waals surface area contributed by atoms with Crippen molar-refractivity contribution in [2.24, 2.45) is 0 Å². The molecule has 4 aromatic rings. The highest BCUT2D eigenvalue weighted by Crippen LogP contribution is 2.40. The van der Waals surface area contributed by atoms with E-state index in [1.807, 2.05) is 53.2 Å². The van der Waals surface area contributed by atoms with Crippen LogP contribution in [0.3, 0.4) is 0 Å². The molecule has 30 heavy (non-hydrogen) atoms. The molecule has 0 aliphatic rings. The number of benzene rings is 2. The highest BCUT2D eigenvalue weighted by molar-refractivity contribution is 7.22. The molecule has 0 saturated heterocycles. The third-order valence-electron chi connectivity index (χ3n) is 4.75. The van der Waals surface area contributed by atoms with E-state index in [0.717, 1.165) is 17.7 Å². The first-order chi connectivity index (χ1) is 14.7. The number of anilines is 1. The summed E-state index contributed by atoms with van der Waals surface area (Å²) in [6, 6.07) is 12.9. The van der Waals surface area contributed by atoms with Gasteiger partial charge in [-0.2, -0.15) is 0 Å². The first-order valence-corrected chi connectivity index (χ1v) is 10.4. The summed E-state index contributed by atoms with van der Waals surface area (Å²) in [7, 11) is 3.23. The van der Waals surface area contributed by atoms with E-state index in [-0.39, 0.29) is 5.91 Å². The van der Waals surface area contributed by atoms with Crippen LogP contribution in [0.4, 0.5) is 5.13 Å². The fraction of sp³-hybridized carbons (Fsp3) is 0.227. The van der Waals surface area contributed by atoms with E-state index in [2.05, 4.69) is 4.98 Å². The molecule has 2 heterocycles. The zero-order valence-electron chi connectivity index (χ0n) is 16.8. The molecule has 0 aliphatic heterocycles. The molecule has 8 heteroatoms. The lowest BCUT2D eigenvalue weighted by molar-refractivity contribution is 0.0986. The number of rotatable bonds is 8. The minimum atomic E-state index is -0.0850. The molecule has 4 rings (SSSR count). The second kappa shape index (κ2) is 8.96. The molecule has 0 unspecified atom stereocenters. The van der Waals surface area contributed by atoms with Crippen molar-refractivity contribution in [2.45, 2.75) is 13.0 Å². The van der Waals surface area contributed by atoms with E-state index >= 15 is 0 Å². The van der Waals surface area contributed by atoms with Crippen LogP contribution >= 0.6 is 11.3 Å². The van der Waals surface area contributed by atoms with Crippen LogP contribution in [0.1, 0.15) is 16.8 Å². The molecule has 7 nitrogen and oxygen atoms in total. The Morgan fingerprint density at radius 2 is 1.87 bits per heavy atom. The number of methoxy groups -OCH3 is 2. The van der Waals surface area contributed by atoms with Gasteiger partial charge in [-0.1, -0.05) is 29.5 Å². The summed E-state index contributed by atoms with van der Waals surface area (Å²) in [5.41, 5.74) is 1.32. The fourth-order valence-electron chi connectivity index (χ4n) is 3.24. The van der Waals surface area contributed by atoms with Crippen molar-refractivity contribution in [1.29, 1.82) is 0 Å². The summed E-state index contributed by atoms with van der Waals surface area (Å²) in [6.45, 7) is 1.28. The molecule has 154 valence electrons. The Morgan fingerprint density at radius 3 is 2.57 bits per heavy atom. The molecule has 0 N–H and O–H groups in total. The molecule has 2 aromatic carbocycles. The highest BCUT2D eigenvalue weighted by atomic mass is 32.1. The SMILES string of the molecule is COc1ccc(OC)c2sc(N(CCCn3ccnc3)C(=O)c3ccccc3)nc12. The Balaban J connectivity index is 1.70. The van der Waals surface area contributed by atoms with Crippen LogP contribution in [0.2, 0.25) is 0 Å². The van der Waals surface area contributed by atoms with Crippen LogP contribution in [0.15, 0.2) is 61.2 Å². The number of hydrogen-bond donors (Lipinski definition) is 0. The van der Waals surface area contributed by atoms with Crippen molar-refractivity contribution in [3.05, 3.63) is 66.7 Å². The van der Waals surface area contributed by atoms with Gasteiger partial charge in [0, 0.05) is 31.0 Å². The fourth-order valence-corrected chi connectivity index (χ4v) is 4.34. The normalized spacial score (nSPS) is 10.9. The molecule has 0 atom stereocenters. The standard InChI is InChI=1S/C22H22N4O3S/c1-28-17-9-10-18(29-2)20-19(17)24-22(30-20)26(13-6-12-25-14-11-23-15-25)21(27)16-7-4-3-5-8-16/h3-5,7-11,14-15H,6,12-13H2,1-2H3. The number of carbonyl (C=O) groups is 1. The Labute approximate surface area is 178 Å². The number of ether oxygens (including phenoxy) is 2. The number of aromatic nitrogens is 3.